The fourth-order valence-electron chi connectivity index (χ4n) is 2.36. The molecular formula is C18H34N4O6. The average Bonchev–Trinajstić information content (AvgIpc) is 2.65. The molecule has 0 rings (SSSR count). The molecule has 0 fully saturated rings. The summed E-state index contributed by atoms with van der Waals surface area (Å²) in [5, 5.41) is 25.9. The van der Waals surface area contributed by atoms with Crippen LogP contribution in [0.1, 0.15) is 47.5 Å². The lowest BCUT2D eigenvalue weighted by Gasteiger charge is -2.26. The third-order valence-corrected chi connectivity index (χ3v) is 4.83. The predicted molar refractivity (Wildman–Crippen MR) is 103 cm³/mol. The Balaban J connectivity index is 4.93. The molecule has 0 heterocycles. The fraction of sp³-hybridized carbons (Fsp3) is 0.778. The predicted octanol–water partition coefficient (Wildman–Crippen LogP) is -1.04. The monoisotopic (exact) mass is 402 g/mol. The number of carboxylic acid groups (broad SMARTS) is 1. The van der Waals surface area contributed by atoms with Gasteiger partial charge in [0.2, 0.25) is 17.7 Å². The van der Waals surface area contributed by atoms with Crippen LogP contribution in [0.5, 0.6) is 0 Å². The molecule has 0 aliphatic heterocycles. The number of rotatable bonds is 12. The van der Waals surface area contributed by atoms with Gasteiger partial charge < -0.3 is 31.9 Å². The summed E-state index contributed by atoms with van der Waals surface area (Å²) in [6.45, 7) is 8.04. The summed E-state index contributed by atoms with van der Waals surface area (Å²) in [7, 11) is 0. The Hall–Kier alpha value is -2.20. The van der Waals surface area contributed by atoms with E-state index in [0.717, 1.165) is 0 Å². The Bertz CT molecular complexity index is 554. The lowest BCUT2D eigenvalue weighted by Crippen LogP contribution is -2.57. The maximum Gasteiger partial charge on any atom is 0.326 e. The number of hydrogen-bond acceptors (Lipinski definition) is 6. The summed E-state index contributed by atoms with van der Waals surface area (Å²) in [5.74, 6) is -3.58. The molecule has 162 valence electrons. The number of carboxylic acids is 1. The van der Waals surface area contributed by atoms with Gasteiger partial charge in [0.15, 0.2) is 0 Å². The van der Waals surface area contributed by atoms with Crippen LogP contribution in [0.15, 0.2) is 0 Å². The van der Waals surface area contributed by atoms with E-state index in [1.54, 1.807) is 13.8 Å². The minimum atomic E-state index is -1.19. The van der Waals surface area contributed by atoms with Gasteiger partial charge in [-0.2, -0.15) is 0 Å². The van der Waals surface area contributed by atoms with Crippen molar-refractivity contribution in [3.8, 4) is 0 Å². The fourth-order valence-corrected chi connectivity index (χ4v) is 2.36. The van der Waals surface area contributed by atoms with E-state index in [0.29, 0.717) is 12.8 Å². The maximum absolute atomic E-state index is 12.5. The molecule has 0 radical (unpaired) electrons. The van der Waals surface area contributed by atoms with Crippen LogP contribution >= 0.6 is 0 Å². The van der Waals surface area contributed by atoms with Crippen LogP contribution < -0.4 is 21.7 Å². The van der Waals surface area contributed by atoms with Gasteiger partial charge in [-0.05, 0) is 18.8 Å². The Morgan fingerprint density at radius 3 is 1.82 bits per heavy atom. The molecule has 0 aliphatic rings. The van der Waals surface area contributed by atoms with Crippen LogP contribution in [0.25, 0.3) is 0 Å². The van der Waals surface area contributed by atoms with E-state index < -0.39 is 54.5 Å². The second kappa shape index (κ2) is 12.3. The second-order valence-corrected chi connectivity index (χ2v) is 7.12. The number of aliphatic hydroxyl groups is 1. The van der Waals surface area contributed by atoms with Crippen molar-refractivity contribution >= 4 is 23.7 Å². The number of carbonyl (C=O) groups is 4. The molecule has 6 atom stereocenters. The number of hydrogen-bond donors (Lipinski definition) is 6. The van der Waals surface area contributed by atoms with Gasteiger partial charge in [0, 0.05) is 0 Å². The van der Waals surface area contributed by atoms with E-state index in [1.165, 1.54) is 6.92 Å². The third-order valence-electron chi connectivity index (χ3n) is 4.83. The third kappa shape index (κ3) is 8.22. The molecule has 0 saturated carbocycles. The normalized spacial score (nSPS) is 17.4. The maximum atomic E-state index is 12.5. The molecule has 10 heteroatoms. The summed E-state index contributed by atoms with van der Waals surface area (Å²) in [4.78, 5) is 47.8. The van der Waals surface area contributed by atoms with Crippen LogP contribution in [0.3, 0.4) is 0 Å². The van der Waals surface area contributed by atoms with Crippen molar-refractivity contribution in [3.63, 3.8) is 0 Å². The van der Waals surface area contributed by atoms with Crippen molar-refractivity contribution in [2.45, 2.75) is 71.7 Å². The molecule has 0 aromatic carbocycles. The van der Waals surface area contributed by atoms with Crippen molar-refractivity contribution < 1.29 is 29.4 Å². The van der Waals surface area contributed by atoms with Crippen LogP contribution in [0.4, 0.5) is 0 Å². The summed E-state index contributed by atoms with van der Waals surface area (Å²) >= 11 is 0. The average molecular weight is 402 g/mol. The highest BCUT2D eigenvalue weighted by Crippen LogP contribution is 2.09. The van der Waals surface area contributed by atoms with Crippen molar-refractivity contribution in [3.05, 3.63) is 0 Å². The van der Waals surface area contributed by atoms with Gasteiger partial charge in [-0.1, -0.05) is 40.5 Å². The van der Waals surface area contributed by atoms with Crippen LogP contribution in [-0.2, 0) is 19.2 Å². The molecule has 7 N–H and O–H groups in total. The first kappa shape index (κ1) is 25.8. The molecule has 3 amide bonds. The highest BCUT2D eigenvalue weighted by atomic mass is 16.4. The van der Waals surface area contributed by atoms with Gasteiger partial charge in [-0.15, -0.1) is 0 Å². The number of aliphatic carboxylic acids is 1. The van der Waals surface area contributed by atoms with E-state index in [-0.39, 0.29) is 11.8 Å². The van der Waals surface area contributed by atoms with Gasteiger partial charge in [-0.3, -0.25) is 14.4 Å². The zero-order valence-electron chi connectivity index (χ0n) is 17.2. The number of carbonyl (C=O) groups excluding carboxylic acids is 3. The molecular weight excluding hydrogens is 368 g/mol. The number of amides is 3. The summed E-state index contributed by atoms with van der Waals surface area (Å²) in [6, 6.07) is -3.18. The summed E-state index contributed by atoms with van der Waals surface area (Å²) < 4.78 is 0. The molecule has 0 aromatic heterocycles. The van der Waals surface area contributed by atoms with Gasteiger partial charge >= 0.3 is 5.97 Å². The molecule has 0 saturated heterocycles. The smallest absolute Gasteiger partial charge is 0.326 e. The summed E-state index contributed by atoms with van der Waals surface area (Å²) in [5.41, 5.74) is 5.58. The molecule has 0 aliphatic carbocycles. The number of nitrogens with one attached hydrogen (secondary N) is 3. The van der Waals surface area contributed by atoms with Crippen molar-refractivity contribution in [1.82, 2.24) is 16.0 Å². The standard InChI is InChI=1S/C18H34N4O6/c1-6-9(3)14(22-16(25)13(19)11(5)23)17(26)20-8-12(24)21-15(18(27)28)10(4)7-2/h9-11,13-15,23H,6-8,19H2,1-5H3,(H,20,26)(H,21,24)(H,22,25)(H,27,28). The van der Waals surface area contributed by atoms with Crippen LogP contribution in [0.2, 0.25) is 0 Å². The van der Waals surface area contributed by atoms with E-state index >= 15 is 0 Å². The first-order valence-electron chi connectivity index (χ1n) is 9.49. The molecule has 0 aromatic rings. The highest BCUT2D eigenvalue weighted by molar-refractivity contribution is 5.92. The van der Waals surface area contributed by atoms with Gasteiger partial charge in [-0.25, -0.2) is 4.79 Å². The summed E-state index contributed by atoms with van der Waals surface area (Å²) in [6.07, 6.45) is 0.0543. The molecule has 6 unspecified atom stereocenters. The second-order valence-electron chi connectivity index (χ2n) is 7.12. The van der Waals surface area contributed by atoms with Crippen molar-refractivity contribution in [2.75, 3.05) is 6.54 Å². The zero-order valence-corrected chi connectivity index (χ0v) is 17.2. The molecule has 0 bridgehead atoms. The largest absolute Gasteiger partial charge is 0.480 e. The van der Waals surface area contributed by atoms with Crippen molar-refractivity contribution in [2.24, 2.45) is 17.6 Å². The molecule has 0 spiro atoms. The minimum Gasteiger partial charge on any atom is -0.480 e. The van der Waals surface area contributed by atoms with Gasteiger partial charge in [0.05, 0.1) is 12.6 Å². The minimum absolute atomic E-state index is 0.250. The van der Waals surface area contributed by atoms with Crippen LogP contribution in [-0.4, -0.2) is 64.7 Å². The SMILES string of the molecule is CCC(C)C(NC(=O)CNC(=O)C(NC(=O)C(N)C(C)O)C(C)CC)C(=O)O. The Morgan fingerprint density at radius 1 is 0.893 bits per heavy atom. The van der Waals surface area contributed by atoms with E-state index in [9.17, 15) is 29.4 Å². The van der Waals surface area contributed by atoms with E-state index in [2.05, 4.69) is 16.0 Å². The van der Waals surface area contributed by atoms with E-state index in [4.69, 9.17) is 5.73 Å². The topological polar surface area (TPSA) is 171 Å². The Morgan fingerprint density at radius 2 is 1.39 bits per heavy atom. The Kier molecular flexibility index (Phi) is 11.3. The number of aliphatic hydroxyl groups excluding tert-OH is 1. The van der Waals surface area contributed by atoms with Crippen molar-refractivity contribution in [1.29, 1.82) is 0 Å². The van der Waals surface area contributed by atoms with Gasteiger partial charge in [0.1, 0.15) is 18.1 Å². The highest BCUT2D eigenvalue weighted by Gasteiger charge is 2.30. The van der Waals surface area contributed by atoms with Crippen LogP contribution in [0, 0.1) is 11.8 Å². The van der Waals surface area contributed by atoms with E-state index in [1.807, 2.05) is 13.8 Å². The quantitative estimate of drug-likeness (QED) is 0.242. The lowest BCUT2D eigenvalue weighted by molar-refractivity contribution is -0.143. The molecule has 10 nitrogen and oxygen atoms in total. The number of nitrogens with two attached hydrogens (primary N) is 1. The first-order valence-corrected chi connectivity index (χ1v) is 9.49. The lowest BCUT2D eigenvalue weighted by atomic mass is 9.97. The zero-order chi connectivity index (χ0) is 22.0. The van der Waals surface area contributed by atoms with Gasteiger partial charge in [0.25, 0.3) is 0 Å². The Labute approximate surface area is 165 Å². The first-order chi connectivity index (χ1) is 13.0. The molecule has 28 heavy (non-hydrogen) atoms.